The van der Waals surface area contributed by atoms with E-state index in [1.54, 1.807) is 0 Å². The highest BCUT2D eigenvalue weighted by atomic mass is 32.2. The van der Waals surface area contributed by atoms with Gasteiger partial charge in [0.2, 0.25) is 0 Å². The van der Waals surface area contributed by atoms with Gasteiger partial charge in [0.25, 0.3) is 0 Å². The molecular weight excluding hydrogens is 376 g/mol. The van der Waals surface area contributed by atoms with E-state index in [-0.39, 0.29) is 10.5 Å². The molecule has 0 bridgehead atoms. The van der Waals surface area contributed by atoms with Crippen molar-refractivity contribution in [1.29, 1.82) is 0 Å². The van der Waals surface area contributed by atoms with E-state index in [4.69, 9.17) is 0 Å². The van der Waals surface area contributed by atoms with Gasteiger partial charge in [0, 0.05) is 22.0 Å². The molecule has 3 aromatic carbocycles. The van der Waals surface area contributed by atoms with Crippen LogP contribution >= 0.6 is 23.5 Å². The summed E-state index contributed by atoms with van der Waals surface area (Å²) in [5.41, 5.74) is 5.30. The third-order valence-electron chi connectivity index (χ3n) is 4.54. The van der Waals surface area contributed by atoms with Gasteiger partial charge in [-0.25, -0.2) is 0 Å². The molecular formula is C26H26S2. The molecule has 0 aliphatic rings. The summed E-state index contributed by atoms with van der Waals surface area (Å²) in [6, 6.07) is 30.1. The van der Waals surface area contributed by atoms with Gasteiger partial charge in [-0.2, -0.15) is 0 Å². The summed E-state index contributed by atoms with van der Waals surface area (Å²) in [5.74, 6) is 1.96. The van der Waals surface area contributed by atoms with E-state index in [0.717, 1.165) is 11.5 Å². The van der Waals surface area contributed by atoms with Crippen molar-refractivity contribution in [3.63, 3.8) is 0 Å². The lowest BCUT2D eigenvalue weighted by Gasteiger charge is -2.17. The molecule has 2 unspecified atom stereocenters. The zero-order valence-electron chi connectivity index (χ0n) is 16.0. The van der Waals surface area contributed by atoms with Crippen LogP contribution in [0.25, 0.3) is 0 Å². The molecule has 3 rings (SSSR count). The highest BCUT2D eigenvalue weighted by Crippen LogP contribution is 2.37. The van der Waals surface area contributed by atoms with Gasteiger partial charge in [-0.3, -0.25) is 0 Å². The average Bonchev–Trinajstić information content (AvgIpc) is 2.76. The van der Waals surface area contributed by atoms with Crippen molar-refractivity contribution >= 4 is 23.5 Å². The fourth-order valence-corrected chi connectivity index (χ4v) is 5.11. The molecule has 0 spiro atoms. The number of hydrogen-bond acceptors (Lipinski definition) is 2. The third-order valence-corrected chi connectivity index (χ3v) is 7.19. The van der Waals surface area contributed by atoms with E-state index in [1.165, 1.54) is 22.3 Å². The Morgan fingerprint density at radius 1 is 0.607 bits per heavy atom. The predicted molar refractivity (Wildman–Crippen MR) is 128 cm³/mol. The van der Waals surface area contributed by atoms with Gasteiger partial charge < -0.3 is 0 Å². The molecule has 0 N–H and O–H groups in total. The molecule has 0 aliphatic carbocycles. The second-order valence-corrected chi connectivity index (χ2v) is 8.84. The van der Waals surface area contributed by atoms with Gasteiger partial charge in [-0.05, 0) is 22.3 Å². The Morgan fingerprint density at radius 3 is 1.43 bits per heavy atom. The lowest BCUT2D eigenvalue weighted by Crippen LogP contribution is -1.96. The molecule has 2 heteroatoms. The standard InChI is InChI=1S/C26H26S2/c1-3-25(27-19-21-12-7-5-8-13-21)23-16-11-17-24(18-23)26(4-2)28-20-22-14-9-6-10-15-22/h3-18,25-26H,1-2,19-20H2. The Hall–Kier alpha value is -2.16. The van der Waals surface area contributed by atoms with Crippen LogP contribution in [0.3, 0.4) is 0 Å². The maximum atomic E-state index is 4.07. The average molecular weight is 403 g/mol. The van der Waals surface area contributed by atoms with Gasteiger partial charge in [0.1, 0.15) is 0 Å². The van der Waals surface area contributed by atoms with Crippen molar-refractivity contribution in [2.75, 3.05) is 0 Å². The highest BCUT2D eigenvalue weighted by Gasteiger charge is 2.13. The summed E-state index contributed by atoms with van der Waals surface area (Å²) in [5, 5.41) is 0.564. The van der Waals surface area contributed by atoms with E-state index in [1.807, 2.05) is 35.7 Å². The second-order valence-electron chi connectivity index (χ2n) is 6.58. The van der Waals surface area contributed by atoms with Crippen molar-refractivity contribution < 1.29 is 0 Å². The number of benzene rings is 3. The molecule has 0 heterocycles. The maximum Gasteiger partial charge on any atom is 0.0478 e. The van der Waals surface area contributed by atoms with Crippen LogP contribution < -0.4 is 0 Å². The van der Waals surface area contributed by atoms with E-state index < -0.39 is 0 Å². The van der Waals surface area contributed by atoms with Gasteiger partial charge in [0.05, 0.1) is 0 Å². The first kappa shape index (κ1) is 20.6. The lowest BCUT2D eigenvalue weighted by atomic mass is 10.1. The second kappa shape index (κ2) is 11.0. The maximum absolute atomic E-state index is 4.07. The number of thioether (sulfide) groups is 2. The summed E-state index contributed by atoms with van der Waals surface area (Å²) in [7, 11) is 0. The summed E-state index contributed by atoms with van der Waals surface area (Å²) in [6.45, 7) is 8.15. The largest absolute Gasteiger partial charge is 0.145 e. The van der Waals surface area contributed by atoms with Crippen LogP contribution in [0.15, 0.2) is 110 Å². The Morgan fingerprint density at radius 2 is 1.04 bits per heavy atom. The predicted octanol–water partition coefficient (Wildman–Crippen LogP) is 8.01. The normalized spacial score (nSPS) is 12.9. The first-order chi connectivity index (χ1) is 13.8. The molecule has 0 aromatic heterocycles. The molecule has 0 saturated heterocycles. The van der Waals surface area contributed by atoms with Crippen LogP contribution in [-0.2, 0) is 11.5 Å². The van der Waals surface area contributed by atoms with Crippen molar-refractivity contribution in [3.05, 3.63) is 132 Å². The van der Waals surface area contributed by atoms with Gasteiger partial charge >= 0.3 is 0 Å². The van der Waals surface area contributed by atoms with Crippen LogP contribution in [0.1, 0.15) is 32.8 Å². The minimum atomic E-state index is 0.282. The first-order valence-electron chi connectivity index (χ1n) is 9.46. The molecule has 2 atom stereocenters. The monoisotopic (exact) mass is 402 g/mol. The van der Waals surface area contributed by atoms with Crippen LogP contribution in [0.2, 0.25) is 0 Å². The van der Waals surface area contributed by atoms with E-state index in [2.05, 4.69) is 98.1 Å². The fourth-order valence-electron chi connectivity index (χ4n) is 3.03. The molecule has 0 nitrogen and oxygen atoms in total. The topological polar surface area (TPSA) is 0 Å². The molecule has 0 aliphatic heterocycles. The molecule has 3 aromatic rings. The zero-order chi connectivity index (χ0) is 19.6. The molecule has 0 saturated carbocycles. The zero-order valence-corrected chi connectivity index (χ0v) is 17.7. The smallest absolute Gasteiger partial charge is 0.0478 e. The Bertz CT molecular complexity index is 800. The van der Waals surface area contributed by atoms with Crippen LogP contribution in [0, 0.1) is 0 Å². The van der Waals surface area contributed by atoms with Crippen LogP contribution in [0.4, 0.5) is 0 Å². The summed E-state index contributed by atoms with van der Waals surface area (Å²) in [4.78, 5) is 0. The minimum absolute atomic E-state index is 0.282. The first-order valence-corrected chi connectivity index (χ1v) is 11.6. The molecule has 142 valence electrons. The van der Waals surface area contributed by atoms with E-state index in [9.17, 15) is 0 Å². The van der Waals surface area contributed by atoms with Crippen LogP contribution in [-0.4, -0.2) is 0 Å². The van der Waals surface area contributed by atoms with Crippen molar-refractivity contribution in [3.8, 4) is 0 Å². The van der Waals surface area contributed by atoms with Crippen molar-refractivity contribution in [2.45, 2.75) is 22.0 Å². The third kappa shape index (κ3) is 5.92. The van der Waals surface area contributed by atoms with Crippen molar-refractivity contribution in [2.24, 2.45) is 0 Å². The summed E-state index contributed by atoms with van der Waals surface area (Å²) in [6.07, 6.45) is 4.10. The van der Waals surface area contributed by atoms with Gasteiger partial charge in [0.15, 0.2) is 0 Å². The van der Waals surface area contributed by atoms with Gasteiger partial charge in [-0.15, -0.1) is 36.7 Å². The summed E-state index contributed by atoms with van der Waals surface area (Å²) < 4.78 is 0. The fraction of sp³-hybridized carbons (Fsp3) is 0.154. The Kier molecular flexibility index (Phi) is 8.07. The van der Waals surface area contributed by atoms with Crippen molar-refractivity contribution in [1.82, 2.24) is 0 Å². The highest BCUT2D eigenvalue weighted by molar-refractivity contribution is 7.99. The van der Waals surface area contributed by atoms with E-state index in [0.29, 0.717) is 0 Å². The molecule has 0 radical (unpaired) electrons. The van der Waals surface area contributed by atoms with Crippen LogP contribution in [0.5, 0.6) is 0 Å². The molecule has 28 heavy (non-hydrogen) atoms. The lowest BCUT2D eigenvalue weighted by molar-refractivity contribution is 1.16. The van der Waals surface area contributed by atoms with E-state index >= 15 is 0 Å². The number of rotatable bonds is 10. The SMILES string of the molecule is C=CC(SCc1ccccc1)c1cccc(C(C=C)SCc2ccccc2)c1. The summed E-state index contributed by atoms with van der Waals surface area (Å²) >= 11 is 3.83. The van der Waals surface area contributed by atoms with Gasteiger partial charge in [-0.1, -0.05) is 97.1 Å². The minimum Gasteiger partial charge on any atom is -0.145 e. The molecule has 0 fully saturated rings. The Balaban J connectivity index is 1.68. The number of hydrogen-bond donors (Lipinski definition) is 0. The quantitative estimate of drug-likeness (QED) is 0.315. The Labute approximate surface area is 177 Å². The molecule has 0 amide bonds.